The second-order valence-electron chi connectivity index (χ2n) is 4.72. The van der Waals surface area contributed by atoms with E-state index in [1.807, 2.05) is 0 Å². The summed E-state index contributed by atoms with van der Waals surface area (Å²) in [6.07, 6.45) is 0.478. The number of amides is 2. The highest BCUT2D eigenvalue weighted by Crippen LogP contribution is 2.25. The van der Waals surface area contributed by atoms with E-state index in [-0.39, 0.29) is 18.4 Å². The van der Waals surface area contributed by atoms with E-state index in [9.17, 15) is 9.59 Å². The summed E-state index contributed by atoms with van der Waals surface area (Å²) < 4.78 is 5.25. The molecule has 2 N–H and O–H groups in total. The highest BCUT2D eigenvalue weighted by molar-refractivity contribution is 6.30. The summed E-state index contributed by atoms with van der Waals surface area (Å²) in [7, 11) is 3.12. The number of methoxy groups -OCH3 is 1. The van der Waals surface area contributed by atoms with Crippen LogP contribution in [0.3, 0.4) is 0 Å². The van der Waals surface area contributed by atoms with E-state index in [0.717, 1.165) is 5.56 Å². The minimum atomic E-state index is -0.534. The number of rotatable bonds is 6. The first kappa shape index (κ1) is 16.3. The molecule has 20 heavy (non-hydrogen) atoms. The fourth-order valence-electron chi connectivity index (χ4n) is 2.01. The van der Waals surface area contributed by atoms with Crippen LogP contribution >= 0.6 is 11.6 Å². The fourth-order valence-corrected chi connectivity index (χ4v) is 2.21. The van der Waals surface area contributed by atoms with Gasteiger partial charge in [0.25, 0.3) is 0 Å². The largest absolute Gasteiger partial charge is 0.496 e. The normalized spacial score (nSPS) is 11.8. The molecule has 0 aliphatic heterocycles. The number of hydrogen-bond acceptors (Lipinski definition) is 3. The number of halogens is 1. The van der Waals surface area contributed by atoms with E-state index >= 15 is 0 Å². The molecule has 0 aliphatic rings. The van der Waals surface area contributed by atoms with E-state index in [4.69, 9.17) is 22.1 Å². The Morgan fingerprint density at radius 3 is 2.65 bits per heavy atom. The van der Waals surface area contributed by atoms with Crippen molar-refractivity contribution in [2.75, 3.05) is 20.7 Å². The zero-order valence-electron chi connectivity index (χ0n) is 11.9. The Hall–Kier alpha value is -1.75. The number of carbonyl (C=O) groups excluding carboxylic acids is 2. The molecular formula is C14H19ClN2O3. The van der Waals surface area contributed by atoms with Crippen molar-refractivity contribution in [1.29, 1.82) is 0 Å². The molecule has 1 aromatic rings. The van der Waals surface area contributed by atoms with E-state index in [2.05, 4.69) is 0 Å². The quantitative estimate of drug-likeness (QED) is 0.864. The van der Waals surface area contributed by atoms with Gasteiger partial charge in [0.05, 0.1) is 13.7 Å². The van der Waals surface area contributed by atoms with Crippen molar-refractivity contribution >= 4 is 23.4 Å². The highest BCUT2D eigenvalue weighted by Gasteiger charge is 2.20. The Balaban J connectivity index is 2.79. The summed E-state index contributed by atoms with van der Waals surface area (Å²) in [6.45, 7) is 1.70. The van der Waals surface area contributed by atoms with Gasteiger partial charge < -0.3 is 15.4 Å². The van der Waals surface area contributed by atoms with E-state index < -0.39 is 5.91 Å². The van der Waals surface area contributed by atoms with Crippen molar-refractivity contribution in [2.45, 2.75) is 13.3 Å². The standard InChI is InChI=1S/C14H19ClN2O3/c1-9(14(19)17(2)8-13(16)18)6-10-7-11(15)4-5-12(10)20-3/h4-5,7,9H,6,8H2,1-3H3,(H2,16,18). The maximum absolute atomic E-state index is 12.1. The number of benzene rings is 1. The molecule has 1 unspecified atom stereocenters. The molecule has 0 fully saturated rings. The van der Waals surface area contributed by atoms with Crippen LogP contribution in [0.15, 0.2) is 18.2 Å². The highest BCUT2D eigenvalue weighted by atomic mass is 35.5. The van der Waals surface area contributed by atoms with E-state index in [1.54, 1.807) is 39.3 Å². The van der Waals surface area contributed by atoms with Gasteiger partial charge in [-0.3, -0.25) is 9.59 Å². The van der Waals surface area contributed by atoms with Crippen LogP contribution in [-0.4, -0.2) is 37.4 Å². The number of nitrogens with two attached hydrogens (primary N) is 1. The molecule has 0 spiro atoms. The molecule has 110 valence electrons. The summed E-state index contributed by atoms with van der Waals surface area (Å²) in [4.78, 5) is 24.3. The van der Waals surface area contributed by atoms with Crippen LogP contribution < -0.4 is 10.5 Å². The third-order valence-electron chi connectivity index (χ3n) is 2.96. The first-order valence-corrected chi connectivity index (χ1v) is 6.58. The molecule has 1 aromatic carbocycles. The third kappa shape index (κ3) is 4.42. The lowest BCUT2D eigenvalue weighted by Gasteiger charge is -2.20. The minimum Gasteiger partial charge on any atom is -0.496 e. The maximum atomic E-state index is 12.1. The zero-order chi connectivity index (χ0) is 15.3. The fraction of sp³-hybridized carbons (Fsp3) is 0.429. The van der Waals surface area contributed by atoms with Gasteiger partial charge in [0, 0.05) is 18.0 Å². The molecule has 0 saturated carbocycles. The van der Waals surface area contributed by atoms with E-state index in [0.29, 0.717) is 17.2 Å². The molecule has 1 rings (SSSR count). The molecule has 5 nitrogen and oxygen atoms in total. The van der Waals surface area contributed by atoms with Gasteiger partial charge in [-0.25, -0.2) is 0 Å². The molecule has 0 heterocycles. The monoisotopic (exact) mass is 298 g/mol. The molecule has 1 atom stereocenters. The molecule has 0 saturated heterocycles. The number of primary amides is 1. The Labute approximate surface area is 123 Å². The molecule has 6 heteroatoms. The van der Waals surface area contributed by atoms with E-state index in [1.165, 1.54) is 4.90 Å². The van der Waals surface area contributed by atoms with Gasteiger partial charge in [-0.05, 0) is 30.2 Å². The minimum absolute atomic E-state index is 0.0874. The van der Waals surface area contributed by atoms with Crippen LogP contribution in [0, 0.1) is 5.92 Å². The summed E-state index contributed by atoms with van der Waals surface area (Å²) >= 11 is 5.96. The Kier molecular flexibility index (Phi) is 5.82. The van der Waals surface area contributed by atoms with Crippen molar-refractivity contribution in [1.82, 2.24) is 4.90 Å². The smallest absolute Gasteiger partial charge is 0.237 e. The van der Waals surface area contributed by atoms with Crippen molar-refractivity contribution in [2.24, 2.45) is 11.7 Å². The van der Waals surface area contributed by atoms with Crippen molar-refractivity contribution in [3.05, 3.63) is 28.8 Å². The average Bonchev–Trinajstić information content (AvgIpc) is 2.37. The molecule has 0 bridgehead atoms. The average molecular weight is 299 g/mol. The summed E-state index contributed by atoms with van der Waals surface area (Å²) in [5, 5.41) is 0.589. The molecule has 0 aliphatic carbocycles. The topological polar surface area (TPSA) is 72.6 Å². The second kappa shape index (κ2) is 7.14. The van der Waals surface area contributed by atoms with Crippen LogP contribution in [0.25, 0.3) is 0 Å². The third-order valence-corrected chi connectivity index (χ3v) is 3.19. The van der Waals surface area contributed by atoms with Gasteiger partial charge in [-0.1, -0.05) is 18.5 Å². The number of likely N-dealkylation sites (N-methyl/N-ethyl adjacent to an activating group) is 1. The lowest BCUT2D eigenvalue weighted by atomic mass is 9.99. The first-order valence-electron chi connectivity index (χ1n) is 6.20. The van der Waals surface area contributed by atoms with Crippen molar-refractivity contribution < 1.29 is 14.3 Å². The van der Waals surface area contributed by atoms with Crippen molar-refractivity contribution in [3.63, 3.8) is 0 Å². The summed E-state index contributed by atoms with van der Waals surface area (Å²) in [5.41, 5.74) is 5.93. The lowest BCUT2D eigenvalue weighted by Crippen LogP contribution is -2.38. The maximum Gasteiger partial charge on any atom is 0.237 e. The van der Waals surface area contributed by atoms with Gasteiger partial charge in [-0.15, -0.1) is 0 Å². The van der Waals surface area contributed by atoms with Gasteiger partial charge in [0.2, 0.25) is 11.8 Å². The Morgan fingerprint density at radius 2 is 2.10 bits per heavy atom. The van der Waals surface area contributed by atoms with Crippen LogP contribution in [0.1, 0.15) is 12.5 Å². The molecule has 0 aromatic heterocycles. The lowest BCUT2D eigenvalue weighted by molar-refractivity contribution is -0.136. The van der Waals surface area contributed by atoms with Crippen molar-refractivity contribution in [3.8, 4) is 5.75 Å². The number of nitrogens with zero attached hydrogens (tertiary/aromatic N) is 1. The number of hydrogen-bond donors (Lipinski definition) is 1. The van der Waals surface area contributed by atoms with Gasteiger partial charge in [0.1, 0.15) is 5.75 Å². The Bertz CT molecular complexity index is 505. The van der Waals surface area contributed by atoms with Crippen LogP contribution in [-0.2, 0) is 16.0 Å². The van der Waals surface area contributed by atoms with Crippen LogP contribution in [0.2, 0.25) is 5.02 Å². The summed E-state index contributed by atoms with van der Waals surface area (Å²) in [6, 6.07) is 5.27. The SMILES string of the molecule is COc1ccc(Cl)cc1CC(C)C(=O)N(C)CC(N)=O. The molecular weight excluding hydrogens is 280 g/mol. The summed E-state index contributed by atoms with van der Waals surface area (Å²) in [5.74, 6) is -0.294. The molecule has 2 amide bonds. The molecule has 0 radical (unpaired) electrons. The number of ether oxygens (including phenoxy) is 1. The zero-order valence-corrected chi connectivity index (χ0v) is 12.6. The van der Waals surface area contributed by atoms with Gasteiger partial charge >= 0.3 is 0 Å². The van der Waals surface area contributed by atoms with Crippen LogP contribution in [0.5, 0.6) is 5.75 Å². The van der Waals surface area contributed by atoms with Gasteiger partial charge in [-0.2, -0.15) is 0 Å². The number of carbonyl (C=O) groups is 2. The van der Waals surface area contributed by atoms with Gasteiger partial charge in [0.15, 0.2) is 0 Å². The second-order valence-corrected chi connectivity index (χ2v) is 5.16. The Morgan fingerprint density at radius 1 is 1.45 bits per heavy atom. The predicted octanol–water partition coefficient (Wildman–Crippen LogP) is 1.47. The predicted molar refractivity (Wildman–Crippen MR) is 77.7 cm³/mol. The first-order chi connectivity index (χ1) is 9.35. The van der Waals surface area contributed by atoms with Crippen LogP contribution in [0.4, 0.5) is 0 Å².